The third-order valence-electron chi connectivity index (χ3n) is 4.03. The summed E-state index contributed by atoms with van der Waals surface area (Å²) in [5.41, 5.74) is 1.35. The molecule has 6 heteroatoms. The van der Waals surface area contributed by atoms with Crippen LogP contribution in [-0.4, -0.2) is 33.0 Å². The maximum absolute atomic E-state index is 12.2. The van der Waals surface area contributed by atoms with Gasteiger partial charge in [0.25, 0.3) is 5.78 Å². The molecule has 0 spiro atoms. The standard InChI is InChI=1S/C18H19N3O3/c1-24-18(23)17(22)15-12-21(16-7-3-2-6-14(15)16)10-5-4-9-20-11-8-19-13-20/h2-3,6-8,11-13H,4-5,9-10H2,1H3. The smallest absolute Gasteiger partial charge is 0.379 e. The number of hydrogen-bond acceptors (Lipinski definition) is 4. The Morgan fingerprint density at radius 1 is 1.17 bits per heavy atom. The fraction of sp³-hybridized carbons (Fsp3) is 0.278. The second-order valence-electron chi connectivity index (χ2n) is 5.58. The van der Waals surface area contributed by atoms with Crippen molar-refractivity contribution in [1.82, 2.24) is 14.1 Å². The number of fused-ring (bicyclic) bond motifs is 1. The summed E-state index contributed by atoms with van der Waals surface area (Å²) in [6.07, 6.45) is 9.23. The molecule has 0 saturated heterocycles. The molecule has 0 aliphatic rings. The number of ether oxygens (including phenoxy) is 1. The van der Waals surface area contributed by atoms with Crippen LogP contribution in [0.2, 0.25) is 0 Å². The first-order valence-corrected chi connectivity index (χ1v) is 7.87. The highest BCUT2D eigenvalue weighted by Gasteiger charge is 2.21. The SMILES string of the molecule is COC(=O)C(=O)c1cn(CCCCn2ccnc2)c2ccccc12. The Labute approximate surface area is 139 Å². The molecular formula is C18H19N3O3. The van der Waals surface area contributed by atoms with Crippen LogP contribution in [0.15, 0.2) is 49.2 Å². The highest BCUT2D eigenvalue weighted by Crippen LogP contribution is 2.22. The lowest BCUT2D eigenvalue weighted by atomic mass is 10.1. The van der Waals surface area contributed by atoms with Crippen LogP contribution in [0, 0.1) is 0 Å². The van der Waals surface area contributed by atoms with Crippen molar-refractivity contribution in [1.29, 1.82) is 0 Å². The molecule has 3 rings (SSSR count). The van der Waals surface area contributed by atoms with Crippen LogP contribution < -0.4 is 0 Å². The number of carbonyl (C=O) groups excluding carboxylic acids is 2. The number of carbonyl (C=O) groups is 2. The molecule has 0 bridgehead atoms. The largest absolute Gasteiger partial charge is 0.463 e. The molecule has 24 heavy (non-hydrogen) atoms. The molecule has 0 fully saturated rings. The molecule has 3 aromatic rings. The molecule has 6 nitrogen and oxygen atoms in total. The Balaban J connectivity index is 1.75. The van der Waals surface area contributed by atoms with Crippen molar-refractivity contribution in [3.05, 3.63) is 54.7 Å². The summed E-state index contributed by atoms with van der Waals surface area (Å²) in [5, 5.41) is 0.780. The van der Waals surface area contributed by atoms with Gasteiger partial charge < -0.3 is 13.9 Å². The van der Waals surface area contributed by atoms with E-state index in [1.165, 1.54) is 7.11 Å². The van der Waals surface area contributed by atoms with E-state index in [1.54, 1.807) is 18.7 Å². The molecule has 2 aromatic heterocycles. The number of benzene rings is 1. The quantitative estimate of drug-likeness (QED) is 0.290. The molecule has 0 unspecified atom stereocenters. The Kier molecular flexibility index (Phi) is 4.74. The Hall–Kier alpha value is -2.89. The summed E-state index contributed by atoms with van der Waals surface area (Å²) in [7, 11) is 1.22. The summed E-state index contributed by atoms with van der Waals surface area (Å²) in [4.78, 5) is 27.8. The minimum absolute atomic E-state index is 0.395. The topological polar surface area (TPSA) is 66.1 Å². The number of aryl methyl sites for hydroxylation is 2. The zero-order chi connectivity index (χ0) is 16.9. The molecule has 124 valence electrons. The number of ketones is 1. The van der Waals surface area contributed by atoms with Gasteiger partial charge in [-0.05, 0) is 18.9 Å². The molecule has 0 aliphatic carbocycles. The van der Waals surface area contributed by atoms with E-state index < -0.39 is 11.8 Å². The number of aromatic nitrogens is 3. The first-order valence-electron chi connectivity index (χ1n) is 7.87. The zero-order valence-electron chi connectivity index (χ0n) is 13.5. The Morgan fingerprint density at radius 3 is 2.71 bits per heavy atom. The summed E-state index contributed by atoms with van der Waals surface area (Å²) < 4.78 is 8.63. The number of nitrogens with zero attached hydrogens (tertiary/aromatic N) is 3. The summed E-state index contributed by atoms with van der Waals surface area (Å²) in [6, 6.07) is 7.60. The van der Waals surface area contributed by atoms with Gasteiger partial charge in [-0.25, -0.2) is 9.78 Å². The zero-order valence-corrected chi connectivity index (χ0v) is 13.5. The minimum Gasteiger partial charge on any atom is -0.463 e. The van der Waals surface area contributed by atoms with E-state index in [2.05, 4.69) is 9.72 Å². The van der Waals surface area contributed by atoms with Crippen LogP contribution in [0.5, 0.6) is 0 Å². The number of rotatable bonds is 7. The number of hydrogen-bond donors (Lipinski definition) is 0. The third-order valence-corrected chi connectivity index (χ3v) is 4.03. The number of methoxy groups -OCH3 is 1. The molecule has 0 N–H and O–H groups in total. The van der Waals surface area contributed by atoms with Crippen LogP contribution >= 0.6 is 0 Å². The molecule has 0 saturated carbocycles. The van der Waals surface area contributed by atoms with E-state index in [9.17, 15) is 9.59 Å². The highest BCUT2D eigenvalue weighted by molar-refractivity contribution is 6.42. The fourth-order valence-electron chi connectivity index (χ4n) is 2.81. The van der Waals surface area contributed by atoms with Crippen molar-refractivity contribution in [2.45, 2.75) is 25.9 Å². The van der Waals surface area contributed by atoms with Gasteiger partial charge in [0.05, 0.1) is 19.0 Å². The van der Waals surface area contributed by atoms with Gasteiger partial charge in [-0.2, -0.15) is 0 Å². The molecule has 0 amide bonds. The van der Waals surface area contributed by atoms with Crippen molar-refractivity contribution in [3.8, 4) is 0 Å². The molecule has 2 heterocycles. The first kappa shape index (κ1) is 16.0. The van der Waals surface area contributed by atoms with Crippen molar-refractivity contribution < 1.29 is 14.3 Å². The minimum atomic E-state index is -0.835. The van der Waals surface area contributed by atoms with Gasteiger partial charge in [0.2, 0.25) is 0 Å². The average molecular weight is 325 g/mol. The number of imidazole rings is 1. The van der Waals surface area contributed by atoms with Crippen LogP contribution in [-0.2, 0) is 22.6 Å². The summed E-state index contributed by atoms with van der Waals surface area (Å²) >= 11 is 0. The van der Waals surface area contributed by atoms with E-state index in [0.29, 0.717) is 5.56 Å². The van der Waals surface area contributed by atoms with E-state index in [4.69, 9.17) is 0 Å². The average Bonchev–Trinajstić information content (AvgIpc) is 3.25. The predicted molar refractivity (Wildman–Crippen MR) is 89.7 cm³/mol. The van der Waals surface area contributed by atoms with Crippen LogP contribution in [0.25, 0.3) is 10.9 Å². The lowest BCUT2D eigenvalue weighted by Gasteiger charge is -2.05. The number of esters is 1. The molecule has 0 radical (unpaired) electrons. The molecule has 1 aromatic carbocycles. The van der Waals surface area contributed by atoms with Crippen LogP contribution in [0.3, 0.4) is 0 Å². The maximum atomic E-state index is 12.2. The maximum Gasteiger partial charge on any atom is 0.379 e. The van der Waals surface area contributed by atoms with Gasteiger partial charge in [-0.15, -0.1) is 0 Å². The monoisotopic (exact) mass is 325 g/mol. The number of Topliss-reactive ketones (excluding diaryl/α,β-unsaturated/α-hetero) is 1. The fourth-order valence-corrected chi connectivity index (χ4v) is 2.81. The van der Waals surface area contributed by atoms with Gasteiger partial charge in [0, 0.05) is 42.6 Å². The number of para-hydroxylation sites is 1. The first-order chi connectivity index (χ1) is 11.7. The van der Waals surface area contributed by atoms with Crippen molar-refractivity contribution in [3.63, 3.8) is 0 Å². The third kappa shape index (κ3) is 3.22. The lowest BCUT2D eigenvalue weighted by Crippen LogP contribution is -2.15. The van der Waals surface area contributed by atoms with Crippen molar-refractivity contribution in [2.75, 3.05) is 7.11 Å². The van der Waals surface area contributed by atoms with Crippen LogP contribution in [0.1, 0.15) is 23.2 Å². The van der Waals surface area contributed by atoms with Gasteiger partial charge in [0.1, 0.15) is 0 Å². The normalized spacial score (nSPS) is 10.9. The lowest BCUT2D eigenvalue weighted by molar-refractivity contribution is -0.135. The van der Waals surface area contributed by atoms with Crippen LogP contribution in [0.4, 0.5) is 0 Å². The predicted octanol–water partition coefficient (Wildman–Crippen LogP) is 2.67. The van der Waals surface area contributed by atoms with Gasteiger partial charge in [-0.3, -0.25) is 4.79 Å². The Bertz CT molecular complexity index is 850. The Morgan fingerprint density at radius 2 is 1.96 bits per heavy atom. The molecular weight excluding hydrogens is 306 g/mol. The van der Waals surface area contributed by atoms with Gasteiger partial charge >= 0.3 is 5.97 Å². The van der Waals surface area contributed by atoms with Gasteiger partial charge in [0.15, 0.2) is 0 Å². The van der Waals surface area contributed by atoms with Crippen molar-refractivity contribution >= 4 is 22.7 Å². The summed E-state index contributed by atoms with van der Waals surface area (Å²) in [5.74, 6) is -1.44. The van der Waals surface area contributed by atoms with E-state index in [1.807, 2.05) is 39.6 Å². The van der Waals surface area contributed by atoms with E-state index in [-0.39, 0.29) is 0 Å². The van der Waals surface area contributed by atoms with Gasteiger partial charge in [-0.1, -0.05) is 18.2 Å². The second-order valence-corrected chi connectivity index (χ2v) is 5.58. The summed E-state index contributed by atoms with van der Waals surface area (Å²) in [6.45, 7) is 1.69. The van der Waals surface area contributed by atoms with Crippen molar-refractivity contribution in [2.24, 2.45) is 0 Å². The second kappa shape index (κ2) is 7.12. The molecule has 0 aliphatic heterocycles. The van der Waals surface area contributed by atoms with E-state index >= 15 is 0 Å². The number of unbranched alkanes of at least 4 members (excludes halogenated alkanes) is 1. The molecule has 0 atom stereocenters. The highest BCUT2D eigenvalue weighted by atomic mass is 16.5. The van der Waals surface area contributed by atoms with E-state index in [0.717, 1.165) is 36.8 Å².